The summed E-state index contributed by atoms with van der Waals surface area (Å²) in [6.45, 7) is 1.06. The van der Waals surface area contributed by atoms with E-state index < -0.39 is 84.8 Å². The molecule has 0 radical (unpaired) electrons. The minimum absolute atomic E-state index is 0.297. The van der Waals surface area contributed by atoms with Crippen LogP contribution in [0.15, 0.2) is 24.3 Å². The van der Waals surface area contributed by atoms with E-state index in [-0.39, 0.29) is 5.75 Å². The van der Waals surface area contributed by atoms with E-state index in [1.165, 1.54) is 18.2 Å². The smallest absolute Gasteiger partial charge is 0.335 e. The summed E-state index contributed by atoms with van der Waals surface area (Å²) in [6, 6.07) is 3.69. The number of aliphatic hydroxyl groups excluding tert-OH is 1. The van der Waals surface area contributed by atoms with Crippen molar-refractivity contribution in [3.8, 4) is 11.5 Å². The van der Waals surface area contributed by atoms with Crippen LogP contribution in [-0.4, -0.2) is 89.1 Å². The highest BCUT2D eigenvalue weighted by atomic mass is 16.6. The van der Waals surface area contributed by atoms with Crippen molar-refractivity contribution in [2.75, 3.05) is 0 Å². The molecule has 0 aromatic heterocycles. The van der Waals surface area contributed by atoms with Gasteiger partial charge in [0.15, 0.2) is 23.2 Å². The summed E-state index contributed by atoms with van der Waals surface area (Å²) in [5.74, 6) is -6.17. The molecule has 1 aromatic rings. The standard InChI is InChI=1S/C22H26O13/c1-21(32,9-16(26)27)10-18(29)34-15-8-22(33,20(30)31)7-14(25)19(15)35-17(28)5-3-11-2-4-12(23)13(24)6-11/h2-6,14-15,19,23-25,32-33H,7-10H2,1H3,(H,26,27)(H,30,31)/b5-3+/t14-,15-,19-,21?,22+/m1/s1. The fourth-order valence-corrected chi connectivity index (χ4v) is 3.57. The summed E-state index contributed by atoms with van der Waals surface area (Å²) in [7, 11) is 0. The van der Waals surface area contributed by atoms with Crippen LogP contribution in [0.3, 0.4) is 0 Å². The van der Waals surface area contributed by atoms with E-state index in [0.29, 0.717) is 5.56 Å². The van der Waals surface area contributed by atoms with Gasteiger partial charge in [-0.2, -0.15) is 0 Å². The number of phenolic OH excluding ortho intramolecular Hbond substituents is 2. The van der Waals surface area contributed by atoms with Crippen LogP contribution in [0.2, 0.25) is 0 Å². The summed E-state index contributed by atoms with van der Waals surface area (Å²) in [5, 5.41) is 67.7. The minimum atomic E-state index is -2.52. The molecule has 1 aromatic carbocycles. The van der Waals surface area contributed by atoms with Crippen LogP contribution in [0.1, 0.15) is 38.2 Å². The lowest BCUT2D eigenvalue weighted by molar-refractivity contribution is -0.207. The van der Waals surface area contributed by atoms with Gasteiger partial charge >= 0.3 is 23.9 Å². The van der Waals surface area contributed by atoms with Crippen LogP contribution in [-0.2, 0) is 28.7 Å². The average Bonchev–Trinajstić information content (AvgIpc) is 2.69. The fraction of sp³-hybridized carbons (Fsp3) is 0.455. The van der Waals surface area contributed by atoms with Crippen LogP contribution < -0.4 is 0 Å². The molecule has 7 N–H and O–H groups in total. The summed E-state index contributed by atoms with van der Waals surface area (Å²) >= 11 is 0. The van der Waals surface area contributed by atoms with Crippen LogP contribution in [0.25, 0.3) is 6.08 Å². The molecule has 35 heavy (non-hydrogen) atoms. The topological polar surface area (TPSA) is 228 Å². The van der Waals surface area contributed by atoms with E-state index in [0.717, 1.165) is 19.1 Å². The third-order valence-corrected chi connectivity index (χ3v) is 5.23. The molecule has 192 valence electrons. The first-order chi connectivity index (χ1) is 16.1. The zero-order valence-corrected chi connectivity index (χ0v) is 18.5. The molecule has 0 heterocycles. The zero-order valence-electron chi connectivity index (χ0n) is 18.5. The van der Waals surface area contributed by atoms with Gasteiger partial charge < -0.3 is 45.2 Å². The van der Waals surface area contributed by atoms with E-state index in [1.54, 1.807) is 0 Å². The number of carbonyl (C=O) groups is 4. The quantitative estimate of drug-likeness (QED) is 0.130. The van der Waals surface area contributed by atoms with Crippen molar-refractivity contribution >= 4 is 30.0 Å². The number of aromatic hydroxyl groups is 2. The third kappa shape index (κ3) is 7.67. The van der Waals surface area contributed by atoms with Gasteiger partial charge in [0.05, 0.1) is 24.5 Å². The lowest BCUT2D eigenvalue weighted by Crippen LogP contribution is -2.58. The maximum absolute atomic E-state index is 12.3. The molecule has 0 bridgehead atoms. The van der Waals surface area contributed by atoms with Crippen molar-refractivity contribution in [2.45, 2.75) is 62.1 Å². The maximum Gasteiger partial charge on any atom is 0.335 e. The van der Waals surface area contributed by atoms with Crippen molar-refractivity contribution in [1.29, 1.82) is 0 Å². The van der Waals surface area contributed by atoms with Gasteiger partial charge in [-0.15, -0.1) is 0 Å². The highest BCUT2D eigenvalue weighted by molar-refractivity contribution is 5.87. The first kappa shape index (κ1) is 27.6. The molecule has 0 aliphatic heterocycles. The molecule has 2 rings (SSSR count). The number of carboxylic acids is 2. The Morgan fingerprint density at radius 1 is 1.09 bits per heavy atom. The Labute approximate surface area is 198 Å². The van der Waals surface area contributed by atoms with E-state index in [1.807, 2.05) is 0 Å². The Morgan fingerprint density at radius 2 is 1.74 bits per heavy atom. The summed E-state index contributed by atoms with van der Waals surface area (Å²) in [6.07, 6.45) is -6.05. The third-order valence-electron chi connectivity index (χ3n) is 5.23. The van der Waals surface area contributed by atoms with E-state index >= 15 is 0 Å². The maximum atomic E-state index is 12.3. The molecule has 5 atom stereocenters. The number of phenols is 2. The van der Waals surface area contributed by atoms with Gasteiger partial charge in [0.1, 0.15) is 6.10 Å². The molecule has 1 aliphatic carbocycles. The number of benzene rings is 1. The fourth-order valence-electron chi connectivity index (χ4n) is 3.57. The van der Waals surface area contributed by atoms with Crippen LogP contribution in [0.4, 0.5) is 0 Å². The summed E-state index contributed by atoms with van der Waals surface area (Å²) in [4.78, 5) is 46.9. The highest BCUT2D eigenvalue weighted by Crippen LogP contribution is 2.34. The number of aliphatic hydroxyl groups is 3. The van der Waals surface area contributed by atoms with Gasteiger partial charge in [-0.1, -0.05) is 6.07 Å². The number of ether oxygens (including phenoxy) is 2. The van der Waals surface area contributed by atoms with Gasteiger partial charge in [-0.05, 0) is 30.7 Å². The minimum Gasteiger partial charge on any atom is -0.504 e. The molecule has 0 amide bonds. The molecule has 1 unspecified atom stereocenters. The second-order valence-electron chi connectivity index (χ2n) is 8.57. The van der Waals surface area contributed by atoms with Crippen LogP contribution >= 0.6 is 0 Å². The van der Waals surface area contributed by atoms with Crippen molar-refractivity contribution in [3.63, 3.8) is 0 Å². The normalized spacial score (nSPS) is 26.0. The molecule has 0 saturated heterocycles. The lowest BCUT2D eigenvalue weighted by Gasteiger charge is -2.41. The number of carboxylic acid groups (broad SMARTS) is 2. The predicted octanol–water partition coefficient (Wildman–Crippen LogP) is -0.479. The predicted molar refractivity (Wildman–Crippen MR) is 114 cm³/mol. The van der Waals surface area contributed by atoms with Crippen molar-refractivity contribution in [3.05, 3.63) is 29.8 Å². The Kier molecular flexibility index (Phi) is 8.44. The molecular weight excluding hydrogens is 472 g/mol. The number of esters is 2. The van der Waals surface area contributed by atoms with E-state index in [4.69, 9.17) is 14.6 Å². The summed E-state index contributed by atoms with van der Waals surface area (Å²) in [5.41, 5.74) is -4.23. The van der Waals surface area contributed by atoms with Crippen LogP contribution in [0, 0.1) is 0 Å². The van der Waals surface area contributed by atoms with Crippen molar-refractivity contribution < 1.29 is 64.4 Å². The number of hydrogen-bond donors (Lipinski definition) is 7. The molecule has 1 fully saturated rings. The highest BCUT2D eigenvalue weighted by Gasteiger charge is 2.52. The largest absolute Gasteiger partial charge is 0.504 e. The van der Waals surface area contributed by atoms with Gasteiger partial charge in [-0.25, -0.2) is 9.59 Å². The number of hydrogen-bond acceptors (Lipinski definition) is 11. The Hall–Kier alpha value is -3.68. The van der Waals surface area contributed by atoms with E-state index in [2.05, 4.69) is 0 Å². The molecule has 0 spiro atoms. The SMILES string of the molecule is CC(O)(CC(=O)O)CC(=O)O[C@@H]1C[C@](O)(C(=O)O)C[C@@H](O)[C@H]1OC(=O)/C=C/c1ccc(O)c(O)c1. The number of carbonyl (C=O) groups excluding carboxylic acids is 2. The number of rotatable bonds is 9. The first-order valence-electron chi connectivity index (χ1n) is 10.3. The Balaban J connectivity index is 2.18. The average molecular weight is 498 g/mol. The Bertz CT molecular complexity index is 1010. The molecule has 13 nitrogen and oxygen atoms in total. The lowest BCUT2D eigenvalue weighted by atomic mass is 9.79. The van der Waals surface area contributed by atoms with Gasteiger partial charge in [-0.3, -0.25) is 9.59 Å². The number of aliphatic carboxylic acids is 2. The summed E-state index contributed by atoms with van der Waals surface area (Å²) < 4.78 is 10.2. The molecular formula is C22H26O13. The van der Waals surface area contributed by atoms with Crippen molar-refractivity contribution in [2.24, 2.45) is 0 Å². The van der Waals surface area contributed by atoms with Gasteiger partial charge in [0.2, 0.25) is 0 Å². The molecule has 1 saturated carbocycles. The van der Waals surface area contributed by atoms with Crippen molar-refractivity contribution in [1.82, 2.24) is 0 Å². The van der Waals surface area contributed by atoms with E-state index in [9.17, 15) is 49.8 Å². The molecule has 13 heteroatoms. The second-order valence-corrected chi connectivity index (χ2v) is 8.57. The van der Waals surface area contributed by atoms with Gasteiger partial charge in [0.25, 0.3) is 0 Å². The second kappa shape index (κ2) is 10.7. The zero-order chi connectivity index (χ0) is 26.6. The van der Waals surface area contributed by atoms with Gasteiger partial charge in [0, 0.05) is 18.9 Å². The monoisotopic (exact) mass is 498 g/mol. The van der Waals surface area contributed by atoms with Crippen LogP contribution in [0.5, 0.6) is 11.5 Å². The Morgan fingerprint density at radius 3 is 2.31 bits per heavy atom. The first-order valence-corrected chi connectivity index (χ1v) is 10.3. The molecule has 1 aliphatic rings.